The summed E-state index contributed by atoms with van der Waals surface area (Å²) in [5, 5.41) is 8.85. The lowest BCUT2D eigenvalue weighted by Gasteiger charge is -2.32. The zero-order valence-corrected chi connectivity index (χ0v) is 13.2. The number of nitrogens with zero attached hydrogens (tertiary/aromatic N) is 1. The van der Waals surface area contributed by atoms with Crippen LogP contribution in [-0.2, 0) is 5.41 Å². The molecule has 1 aromatic carbocycles. The van der Waals surface area contributed by atoms with Crippen LogP contribution in [0.5, 0.6) is 5.75 Å². The fourth-order valence-electron chi connectivity index (χ4n) is 2.68. The third-order valence-corrected chi connectivity index (χ3v) is 4.19. The minimum atomic E-state index is -1.02. The molecule has 0 bridgehead atoms. The van der Waals surface area contributed by atoms with Crippen LogP contribution in [0.1, 0.15) is 47.4 Å². The Balaban J connectivity index is 1.84. The second-order valence-corrected chi connectivity index (χ2v) is 6.35. The molecule has 0 amide bonds. The highest BCUT2D eigenvalue weighted by molar-refractivity contribution is 5.85. The van der Waals surface area contributed by atoms with E-state index in [2.05, 4.69) is 24.9 Å². The van der Waals surface area contributed by atoms with E-state index < -0.39 is 5.97 Å². The highest BCUT2D eigenvalue weighted by atomic mass is 16.5. The molecule has 0 aliphatic carbocycles. The molecule has 0 atom stereocenters. The largest absolute Gasteiger partial charge is 0.493 e. The van der Waals surface area contributed by atoms with Crippen molar-refractivity contribution in [3.05, 3.63) is 58.9 Å². The first kappa shape index (κ1) is 15.3. The lowest BCUT2D eigenvalue weighted by Crippen LogP contribution is -2.26. The van der Waals surface area contributed by atoms with Gasteiger partial charge in [0.1, 0.15) is 11.4 Å². The molecule has 118 valence electrons. The maximum absolute atomic E-state index is 10.8. The molecule has 4 nitrogen and oxygen atoms in total. The Kier molecular flexibility index (Phi) is 3.90. The number of rotatable bonds is 3. The monoisotopic (exact) mass is 309 g/mol. The van der Waals surface area contributed by atoms with Crippen molar-refractivity contribution in [2.75, 3.05) is 6.61 Å². The third-order valence-electron chi connectivity index (χ3n) is 4.19. The summed E-state index contributed by atoms with van der Waals surface area (Å²) in [6.45, 7) is 5.23. The predicted molar refractivity (Wildman–Crippen MR) is 89.7 cm³/mol. The van der Waals surface area contributed by atoms with E-state index in [0.717, 1.165) is 29.9 Å². The van der Waals surface area contributed by atoms with Crippen LogP contribution in [0.25, 0.3) is 12.2 Å². The third kappa shape index (κ3) is 3.26. The Morgan fingerprint density at radius 1 is 1.22 bits per heavy atom. The molecule has 0 saturated carbocycles. The summed E-state index contributed by atoms with van der Waals surface area (Å²) in [4.78, 5) is 14.7. The van der Waals surface area contributed by atoms with E-state index in [1.807, 2.05) is 24.3 Å². The van der Waals surface area contributed by atoms with E-state index in [1.165, 1.54) is 11.6 Å². The summed E-state index contributed by atoms with van der Waals surface area (Å²) in [6, 6.07) is 9.45. The first-order valence-corrected chi connectivity index (χ1v) is 7.60. The van der Waals surface area contributed by atoms with Crippen molar-refractivity contribution in [2.24, 2.45) is 0 Å². The van der Waals surface area contributed by atoms with Crippen LogP contribution in [0.3, 0.4) is 0 Å². The first-order chi connectivity index (χ1) is 11.0. The number of carboxylic acid groups (broad SMARTS) is 1. The van der Waals surface area contributed by atoms with Crippen LogP contribution in [0.4, 0.5) is 0 Å². The molecule has 0 unspecified atom stereocenters. The van der Waals surface area contributed by atoms with Crippen molar-refractivity contribution in [1.82, 2.24) is 4.98 Å². The van der Waals surface area contributed by atoms with E-state index in [0.29, 0.717) is 0 Å². The van der Waals surface area contributed by atoms with E-state index in [4.69, 9.17) is 9.84 Å². The van der Waals surface area contributed by atoms with Gasteiger partial charge in [0.15, 0.2) is 0 Å². The molecule has 1 aliphatic heterocycles. The lowest BCUT2D eigenvalue weighted by molar-refractivity contribution is 0.0690. The molecule has 0 fully saturated rings. The number of aromatic nitrogens is 1. The average molecular weight is 309 g/mol. The summed E-state index contributed by atoms with van der Waals surface area (Å²) in [6.07, 6.45) is 6.50. The van der Waals surface area contributed by atoms with Crippen molar-refractivity contribution in [2.45, 2.75) is 25.7 Å². The highest BCUT2D eigenvalue weighted by Gasteiger charge is 2.28. The fraction of sp³-hybridized carbons (Fsp3) is 0.263. The molecule has 23 heavy (non-hydrogen) atoms. The number of hydrogen-bond acceptors (Lipinski definition) is 3. The SMILES string of the molecule is CC1(C)CCOc2ccc(C=Cc3ccc(C(=O)O)nc3)cc21. The molecule has 4 heteroatoms. The summed E-state index contributed by atoms with van der Waals surface area (Å²) in [7, 11) is 0. The Bertz CT molecular complexity index is 761. The Morgan fingerprint density at radius 3 is 2.65 bits per heavy atom. The molecule has 0 radical (unpaired) electrons. The second-order valence-electron chi connectivity index (χ2n) is 6.35. The molecular weight excluding hydrogens is 290 g/mol. The zero-order valence-electron chi connectivity index (χ0n) is 13.2. The van der Waals surface area contributed by atoms with Gasteiger partial charge >= 0.3 is 5.97 Å². The van der Waals surface area contributed by atoms with E-state index in [1.54, 1.807) is 12.3 Å². The number of benzene rings is 1. The molecule has 3 rings (SSSR count). The van der Waals surface area contributed by atoms with E-state index >= 15 is 0 Å². The number of ether oxygens (including phenoxy) is 1. The van der Waals surface area contributed by atoms with Gasteiger partial charge in [-0.3, -0.25) is 0 Å². The minimum Gasteiger partial charge on any atom is -0.493 e. The van der Waals surface area contributed by atoms with Gasteiger partial charge in [-0.15, -0.1) is 0 Å². The Morgan fingerprint density at radius 2 is 1.96 bits per heavy atom. The van der Waals surface area contributed by atoms with Gasteiger partial charge in [-0.1, -0.05) is 38.1 Å². The standard InChI is InChI=1S/C19H19NO3/c1-19(2)9-10-23-17-8-6-13(11-15(17)19)3-4-14-5-7-16(18(21)22)20-12-14/h3-8,11-12H,9-10H2,1-2H3,(H,21,22). The quantitative estimate of drug-likeness (QED) is 0.930. The molecule has 0 saturated heterocycles. The minimum absolute atomic E-state index is 0.0508. The number of carbonyl (C=O) groups is 1. The average Bonchev–Trinajstić information content (AvgIpc) is 2.53. The van der Waals surface area contributed by atoms with Gasteiger partial charge < -0.3 is 9.84 Å². The molecule has 2 aromatic rings. The van der Waals surface area contributed by atoms with Crippen LogP contribution >= 0.6 is 0 Å². The topological polar surface area (TPSA) is 59.4 Å². The van der Waals surface area contributed by atoms with Crippen molar-refractivity contribution < 1.29 is 14.6 Å². The lowest BCUT2D eigenvalue weighted by atomic mass is 9.79. The fourth-order valence-corrected chi connectivity index (χ4v) is 2.68. The normalized spacial score (nSPS) is 15.9. The molecular formula is C19H19NO3. The number of carboxylic acids is 1. The van der Waals surface area contributed by atoms with Crippen molar-refractivity contribution >= 4 is 18.1 Å². The maximum atomic E-state index is 10.8. The Labute approximate surface area is 135 Å². The molecule has 1 N–H and O–H groups in total. The number of aromatic carboxylic acids is 1. The Hall–Kier alpha value is -2.62. The van der Waals surface area contributed by atoms with Crippen LogP contribution in [-0.4, -0.2) is 22.7 Å². The molecule has 0 spiro atoms. The van der Waals surface area contributed by atoms with E-state index in [-0.39, 0.29) is 11.1 Å². The number of pyridine rings is 1. The van der Waals surface area contributed by atoms with Gasteiger partial charge in [0.25, 0.3) is 0 Å². The predicted octanol–water partition coefficient (Wildman–Crippen LogP) is 4.01. The molecule has 1 aromatic heterocycles. The van der Waals surface area contributed by atoms with Crippen LogP contribution < -0.4 is 4.74 Å². The van der Waals surface area contributed by atoms with Crippen molar-refractivity contribution in [3.8, 4) is 5.75 Å². The van der Waals surface area contributed by atoms with Gasteiger partial charge in [0.05, 0.1) is 6.61 Å². The van der Waals surface area contributed by atoms with Crippen LogP contribution in [0.2, 0.25) is 0 Å². The summed E-state index contributed by atoms with van der Waals surface area (Å²) < 4.78 is 5.72. The zero-order chi connectivity index (χ0) is 16.4. The summed E-state index contributed by atoms with van der Waals surface area (Å²) in [5.41, 5.74) is 3.34. The second kappa shape index (κ2) is 5.88. The molecule has 2 heterocycles. The van der Waals surface area contributed by atoms with Gasteiger partial charge in [-0.2, -0.15) is 0 Å². The number of hydrogen-bond donors (Lipinski definition) is 1. The van der Waals surface area contributed by atoms with E-state index in [9.17, 15) is 4.79 Å². The van der Waals surface area contributed by atoms with Crippen LogP contribution in [0.15, 0.2) is 36.5 Å². The number of fused-ring (bicyclic) bond motifs is 1. The molecule has 1 aliphatic rings. The van der Waals surface area contributed by atoms with Crippen molar-refractivity contribution in [3.63, 3.8) is 0 Å². The highest BCUT2D eigenvalue weighted by Crippen LogP contribution is 2.38. The maximum Gasteiger partial charge on any atom is 0.354 e. The van der Waals surface area contributed by atoms with Gasteiger partial charge in [0, 0.05) is 11.8 Å². The van der Waals surface area contributed by atoms with Gasteiger partial charge in [0.2, 0.25) is 0 Å². The van der Waals surface area contributed by atoms with Crippen molar-refractivity contribution in [1.29, 1.82) is 0 Å². The van der Waals surface area contributed by atoms with Gasteiger partial charge in [-0.05, 0) is 41.2 Å². The smallest absolute Gasteiger partial charge is 0.354 e. The van der Waals surface area contributed by atoms with Gasteiger partial charge in [-0.25, -0.2) is 9.78 Å². The first-order valence-electron chi connectivity index (χ1n) is 7.60. The summed E-state index contributed by atoms with van der Waals surface area (Å²) >= 11 is 0. The van der Waals surface area contributed by atoms with Crippen LogP contribution in [0, 0.1) is 0 Å². The summed E-state index contributed by atoms with van der Waals surface area (Å²) in [5.74, 6) is -0.0525.